The second-order valence-electron chi connectivity index (χ2n) is 6.59. The minimum Gasteiger partial charge on any atom is -0.491 e. The van der Waals surface area contributed by atoms with E-state index in [9.17, 15) is 0 Å². The van der Waals surface area contributed by atoms with Gasteiger partial charge in [-0.25, -0.2) is 0 Å². The molecule has 0 aliphatic rings. The molecule has 4 aromatic carbocycles. The summed E-state index contributed by atoms with van der Waals surface area (Å²) in [5.74, 6) is 0.935. The highest BCUT2D eigenvalue weighted by atomic mass is 16.5. The summed E-state index contributed by atoms with van der Waals surface area (Å²) in [6, 6.07) is 28.0. The van der Waals surface area contributed by atoms with E-state index in [0.717, 1.165) is 12.2 Å². The van der Waals surface area contributed by atoms with Crippen molar-refractivity contribution in [2.75, 3.05) is 0 Å². The Morgan fingerprint density at radius 1 is 0.760 bits per heavy atom. The monoisotopic (exact) mass is 326 g/mol. The van der Waals surface area contributed by atoms with Gasteiger partial charge >= 0.3 is 0 Å². The lowest BCUT2D eigenvalue weighted by atomic mass is 9.95. The third-order valence-electron chi connectivity index (χ3n) is 4.80. The van der Waals surface area contributed by atoms with E-state index in [0.29, 0.717) is 0 Å². The van der Waals surface area contributed by atoms with Crippen LogP contribution in [0.5, 0.6) is 5.75 Å². The molecular formula is C24H22O. The van der Waals surface area contributed by atoms with E-state index in [1.807, 2.05) is 6.07 Å². The van der Waals surface area contributed by atoms with E-state index in [4.69, 9.17) is 4.74 Å². The van der Waals surface area contributed by atoms with Gasteiger partial charge in [0.15, 0.2) is 0 Å². The minimum atomic E-state index is 0.228. The third kappa shape index (κ3) is 3.10. The van der Waals surface area contributed by atoms with Gasteiger partial charge in [0.1, 0.15) is 5.75 Å². The second kappa shape index (κ2) is 6.60. The van der Waals surface area contributed by atoms with Crippen LogP contribution in [0.3, 0.4) is 0 Å². The van der Waals surface area contributed by atoms with Crippen molar-refractivity contribution in [3.05, 3.63) is 78.9 Å². The smallest absolute Gasteiger partial charge is 0.120 e. The normalized spacial score (nSPS) is 12.4. The standard InChI is InChI=1S/C24H22O/c1-3-17(2)25-22-12-6-10-21(15-22)23-13-7-11-20-14-18-8-4-5-9-19(18)16-24(20)23/h4-17H,3H2,1-2H3. The van der Waals surface area contributed by atoms with Crippen LogP contribution in [-0.4, -0.2) is 6.10 Å². The molecule has 0 fully saturated rings. The van der Waals surface area contributed by atoms with Gasteiger partial charge in [-0.1, -0.05) is 61.5 Å². The maximum atomic E-state index is 6.01. The van der Waals surface area contributed by atoms with Crippen molar-refractivity contribution in [2.45, 2.75) is 26.4 Å². The molecule has 0 amide bonds. The molecule has 0 radical (unpaired) electrons. The molecule has 4 rings (SSSR count). The Balaban J connectivity index is 1.86. The van der Waals surface area contributed by atoms with Gasteiger partial charge in [0.05, 0.1) is 6.10 Å². The lowest BCUT2D eigenvalue weighted by Gasteiger charge is -2.14. The van der Waals surface area contributed by atoms with Crippen LogP contribution in [0.25, 0.3) is 32.7 Å². The van der Waals surface area contributed by atoms with Crippen molar-refractivity contribution in [1.29, 1.82) is 0 Å². The third-order valence-corrected chi connectivity index (χ3v) is 4.80. The van der Waals surface area contributed by atoms with Gasteiger partial charge < -0.3 is 4.74 Å². The van der Waals surface area contributed by atoms with Crippen LogP contribution in [0.1, 0.15) is 20.3 Å². The predicted octanol–water partition coefficient (Wildman–Crippen LogP) is 6.84. The molecule has 4 aromatic rings. The summed E-state index contributed by atoms with van der Waals surface area (Å²) in [6.45, 7) is 4.25. The van der Waals surface area contributed by atoms with Crippen LogP contribution in [0.15, 0.2) is 78.9 Å². The van der Waals surface area contributed by atoms with Crippen molar-refractivity contribution in [3.63, 3.8) is 0 Å². The van der Waals surface area contributed by atoms with Gasteiger partial charge in [-0.3, -0.25) is 0 Å². The molecule has 1 unspecified atom stereocenters. The van der Waals surface area contributed by atoms with Gasteiger partial charge in [0, 0.05) is 0 Å². The molecular weight excluding hydrogens is 304 g/mol. The first-order valence-electron chi connectivity index (χ1n) is 8.93. The van der Waals surface area contributed by atoms with Gasteiger partial charge in [-0.2, -0.15) is 0 Å². The van der Waals surface area contributed by atoms with E-state index >= 15 is 0 Å². The van der Waals surface area contributed by atoms with Crippen molar-refractivity contribution < 1.29 is 4.74 Å². The van der Waals surface area contributed by atoms with E-state index < -0.39 is 0 Å². The molecule has 0 bridgehead atoms. The largest absolute Gasteiger partial charge is 0.491 e. The summed E-state index contributed by atoms with van der Waals surface area (Å²) >= 11 is 0. The quantitative estimate of drug-likeness (QED) is 0.373. The summed E-state index contributed by atoms with van der Waals surface area (Å²) < 4.78 is 6.01. The average molecular weight is 326 g/mol. The summed E-state index contributed by atoms with van der Waals surface area (Å²) in [4.78, 5) is 0. The fourth-order valence-corrected chi connectivity index (χ4v) is 3.27. The highest BCUT2D eigenvalue weighted by molar-refractivity contribution is 6.04. The van der Waals surface area contributed by atoms with Gasteiger partial charge in [-0.15, -0.1) is 0 Å². The zero-order chi connectivity index (χ0) is 17.2. The van der Waals surface area contributed by atoms with Crippen LogP contribution >= 0.6 is 0 Å². The molecule has 1 heteroatoms. The predicted molar refractivity (Wildman–Crippen MR) is 107 cm³/mol. The Hall–Kier alpha value is -2.80. The Bertz CT molecular complexity index is 1030. The zero-order valence-corrected chi connectivity index (χ0v) is 14.7. The highest BCUT2D eigenvalue weighted by Gasteiger charge is 2.08. The summed E-state index contributed by atoms with van der Waals surface area (Å²) in [7, 11) is 0. The van der Waals surface area contributed by atoms with Crippen molar-refractivity contribution in [1.82, 2.24) is 0 Å². The van der Waals surface area contributed by atoms with E-state index in [1.165, 1.54) is 32.7 Å². The number of fused-ring (bicyclic) bond motifs is 2. The SMILES string of the molecule is CCC(C)Oc1cccc(-c2cccc3cc4ccccc4cc23)c1. The van der Waals surface area contributed by atoms with Crippen molar-refractivity contribution >= 4 is 21.5 Å². The van der Waals surface area contributed by atoms with Crippen LogP contribution < -0.4 is 4.74 Å². The molecule has 0 N–H and O–H groups in total. The van der Waals surface area contributed by atoms with E-state index in [1.54, 1.807) is 0 Å². The Morgan fingerprint density at radius 3 is 2.28 bits per heavy atom. The summed E-state index contributed by atoms with van der Waals surface area (Å²) in [5, 5.41) is 5.10. The fourth-order valence-electron chi connectivity index (χ4n) is 3.27. The molecule has 0 spiro atoms. The molecule has 1 nitrogen and oxygen atoms in total. The Kier molecular flexibility index (Phi) is 4.15. The van der Waals surface area contributed by atoms with E-state index in [2.05, 4.69) is 86.6 Å². The van der Waals surface area contributed by atoms with Crippen LogP contribution in [0, 0.1) is 0 Å². The maximum Gasteiger partial charge on any atom is 0.120 e. The van der Waals surface area contributed by atoms with Crippen molar-refractivity contribution in [2.24, 2.45) is 0 Å². The molecule has 0 heterocycles. The molecule has 0 saturated carbocycles. The van der Waals surface area contributed by atoms with E-state index in [-0.39, 0.29) is 6.10 Å². The number of hydrogen-bond acceptors (Lipinski definition) is 1. The second-order valence-corrected chi connectivity index (χ2v) is 6.59. The molecule has 25 heavy (non-hydrogen) atoms. The lowest BCUT2D eigenvalue weighted by molar-refractivity contribution is 0.217. The summed E-state index contributed by atoms with van der Waals surface area (Å²) in [6.07, 6.45) is 1.23. The number of benzene rings is 4. The minimum absolute atomic E-state index is 0.228. The number of hydrogen-bond donors (Lipinski definition) is 0. The fraction of sp³-hybridized carbons (Fsp3) is 0.167. The molecule has 1 atom stereocenters. The average Bonchev–Trinajstić information content (AvgIpc) is 2.66. The van der Waals surface area contributed by atoms with Crippen LogP contribution in [0.4, 0.5) is 0 Å². The topological polar surface area (TPSA) is 9.23 Å². The molecule has 0 aliphatic heterocycles. The Labute approximate surface area is 148 Å². The first kappa shape index (κ1) is 15.7. The van der Waals surface area contributed by atoms with Gasteiger partial charge in [0.25, 0.3) is 0 Å². The molecule has 0 aromatic heterocycles. The van der Waals surface area contributed by atoms with Gasteiger partial charge in [0.2, 0.25) is 0 Å². The van der Waals surface area contributed by atoms with Crippen LogP contribution in [0.2, 0.25) is 0 Å². The first-order chi connectivity index (χ1) is 12.2. The molecule has 0 saturated heterocycles. The zero-order valence-electron chi connectivity index (χ0n) is 14.7. The molecule has 124 valence electrons. The van der Waals surface area contributed by atoms with Crippen LogP contribution in [-0.2, 0) is 0 Å². The number of rotatable bonds is 4. The first-order valence-corrected chi connectivity index (χ1v) is 8.93. The van der Waals surface area contributed by atoms with Gasteiger partial charge in [-0.05, 0) is 70.3 Å². The molecule has 0 aliphatic carbocycles. The number of ether oxygens (including phenoxy) is 1. The summed E-state index contributed by atoms with van der Waals surface area (Å²) in [5.41, 5.74) is 2.44. The maximum absolute atomic E-state index is 6.01. The Morgan fingerprint density at radius 2 is 1.48 bits per heavy atom. The van der Waals surface area contributed by atoms with Crippen molar-refractivity contribution in [3.8, 4) is 16.9 Å². The lowest BCUT2D eigenvalue weighted by Crippen LogP contribution is -2.09. The highest BCUT2D eigenvalue weighted by Crippen LogP contribution is 2.33.